The van der Waals surface area contributed by atoms with E-state index < -0.39 is 5.97 Å². The van der Waals surface area contributed by atoms with Crippen LogP contribution in [-0.4, -0.2) is 59.6 Å². The van der Waals surface area contributed by atoms with Gasteiger partial charge < -0.3 is 10.0 Å². The molecule has 2 unspecified atom stereocenters. The molecule has 0 aromatic rings. The molecule has 1 rings (SSSR count). The van der Waals surface area contributed by atoms with E-state index in [0.29, 0.717) is 5.92 Å². The molecule has 0 aromatic heterocycles. The summed E-state index contributed by atoms with van der Waals surface area (Å²) in [6.07, 6.45) is 1.13. The Labute approximate surface area is 98.2 Å². The number of likely N-dealkylation sites (tertiary alicyclic amines) is 1. The molecule has 0 spiro atoms. The van der Waals surface area contributed by atoms with E-state index in [2.05, 4.69) is 23.6 Å². The number of aliphatic carboxylic acids is 1. The largest absolute Gasteiger partial charge is 0.480 e. The average Bonchev–Trinajstić information content (AvgIpc) is 2.73. The number of hydrogen-bond acceptors (Lipinski definition) is 3. The lowest BCUT2D eigenvalue weighted by Gasteiger charge is -2.24. The van der Waals surface area contributed by atoms with Gasteiger partial charge in [0.2, 0.25) is 0 Å². The molecule has 0 aromatic carbocycles. The van der Waals surface area contributed by atoms with Crippen molar-refractivity contribution in [3.05, 3.63) is 0 Å². The molecule has 0 amide bonds. The molecule has 0 aliphatic carbocycles. The molecule has 2 atom stereocenters. The molecule has 1 fully saturated rings. The molecule has 4 heteroatoms. The van der Waals surface area contributed by atoms with Crippen molar-refractivity contribution in [3.8, 4) is 0 Å². The van der Waals surface area contributed by atoms with Gasteiger partial charge in [-0.05, 0) is 38.9 Å². The fourth-order valence-corrected chi connectivity index (χ4v) is 2.37. The van der Waals surface area contributed by atoms with Crippen molar-refractivity contribution in [2.45, 2.75) is 33.2 Å². The van der Waals surface area contributed by atoms with Gasteiger partial charge in [-0.2, -0.15) is 0 Å². The maximum atomic E-state index is 10.9. The quantitative estimate of drug-likeness (QED) is 0.740. The molecule has 4 nitrogen and oxygen atoms in total. The zero-order valence-corrected chi connectivity index (χ0v) is 10.6. The molecule has 1 N–H and O–H groups in total. The third-order valence-electron chi connectivity index (χ3n) is 3.63. The highest BCUT2D eigenvalue weighted by Crippen LogP contribution is 2.19. The number of rotatable bonds is 6. The topological polar surface area (TPSA) is 43.8 Å². The van der Waals surface area contributed by atoms with Gasteiger partial charge in [-0.1, -0.05) is 13.8 Å². The molecule has 1 saturated heterocycles. The number of carbonyl (C=O) groups is 1. The number of carboxylic acids is 1. The molecule has 0 bridgehead atoms. The summed E-state index contributed by atoms with van der Waals surface area (Å²) in [5.41, 5.74) is 0. The Hall–Kier alpha value is -0.610. The Morgan fingerprint density at radius 2 is 2.12 bits per heavy atom. The van der Waals surface area contributed by atoms with Crippen LogP contribution in [0.3, 0.4) is 0 Å². The van der Waals surface area contributed by atoms with E-state index in [0.717, 1.165) is 39.1 Å². The van der Waals surface area contributed by atoms with Gasteiger partial charge in [0.25, 0.3) is 0 Å². The lowest BCUT2D eigenvalue weighted by molar-refractivity contribution is -0.142. The Morgan fingerprint density at radius 3 is 2.62 bits per heavy atom. The lowest BCUT2D eigenvalue weighted by Crippen LogP contribution is -2.38. The molecule has 0 saturated carbocycles. The maximum Gasteiger partial charge on any atom is 0.320 e. The third-order valence-corrected chi connectivity index (χ3v) is 3.63. The Morgan fingerprint density at radius 1 is 1.50 bits per heavy atom. The van der Waals surface area contributed by atoms with Crippen LogP contribution in [0.25, 0.3) is 0 Å². The van der Waals surface area contributed by atoms with Gasteiger partial charge in [0.15, 0.2) is 0 Å². The highest BCUT2D eigenvalue weighted by Gasteiger charge is 2.29. The standard InChI is InChI=1S/C12H24N2O2/c1-4-13(5-2)8-11-6-7-14(9-11)10(3)12(15)16/h10-11H,4-9H2,1-3H3,(H,15,16). The SMILES string of the molecule is CCN(CC)CC1CCN(C(C)C(=O)O)C1. The fourth-order valence-electron chi connectivity index (χ4n) is 2.37. The van der Waals surface area contributed by atoms with Crippen molar-refractivity contribution in [1.82, 2.24) is 9.80 Å². The molecule has 16 heavy (non-hydrogen) atoms. The van der Waals surface area contributed by atoms with Crippen LogP contribution in [0.15, 0.2) is 0 Å². The van der Waals surface area contributed by atoms with Crippen LogP contribution in [0, 0.1) is 5.92 Å². The second-order valence-electron chi connectivity index (χ2n) is 4.65. The number of carboxylic acid groups (broad SMARTS) is 1. The molecular formula is C12H24N2O2. The van der Waals surface area contributed by atoms with Crippen LogP contribution < -0.4 is 0 Å². The summed E-state index contributed by atoms with van der Waals surface area (Å²) in [5.74, 6) is -0.0646. The van der Waals surface area contributed by atoms with Crippen molar-refractivity contribution in [2.75, 3.05) is 32.7 Å². The van der Waals surface area contributed by atoms with Gasteiger partial charge in [-0.3, -0.25) is 9.69 Å². The second kappa shape index (κ2) is 6.21. The summed E-state index contributed by atoms with van der Waals surface area (Å²) in [6.45, 7) is 11.3. The molecule has 1 heterocycles. The normalized spacial score (nSPS) is 23.9. The second-order valence-corrected chi connectivity index (χ2v) is 4.65. The summed E-state index contributed by atoms with van der Waals surface area (Å²) in [7, 11) is 0. The smallest absolute Gasteiger partial charge is 0.320 e. The van der Waals surface area contributed by atoms with Crippen molar-refractivity contribution in [3.63, 3.8) is 0 Å². The minimum absolute atomic E-state index is 0.332. The lowest BCUT2D eigenvalue weighted by atomic mass is 10.1. The Kier molecular flexibility index (Phi) is 5.22. The van der Waals surface area contributed by atoms with Crippen molar-refractivity contribution in [1.29, 1.82) is 0 Å². The van der Waals surface area contributed by atoms with Crippen LogP contribution in [0.5, 0.6) is 0 Å². The number of hydrogen-bond donors (Lipinski definition) is 1. The van der Waals surface area contributed by atoms with E-state index in [9.17, 15) is 4.79 Å². The van der Waals surface area contributed by atoms with Crippen molar-refractivity contribution < 1.29 is 9.90 Å². The maximum absolute atomic E-state index is 10.9. The van der Waals surface area contributed by atoms with E-state index in [-0.39, 0.29) is 6.04 Å². The van der Waals surface area contributed by atoms with Crippen LogP contribution >= 0.6 is 0 Å². The van der Waals surface area contributed by atoms with Crippen LogP contribution in [0.2, 0.25) is 0 Å². The first-order chi connectivity index (χ1) is 7.58. The molecule has 1 aliphatic rings. The van der Waals surface area contributed by atoms with Gasteiger partial charge in [0.1, 0.15) is 6.04 Å². The minimum atomic E-state index is -0.705. The average molecular weight is 228 g/mol. The summed E-state index contributed by atoms with van der Waals surface area (Å²) in [4.78, 5) is 15.4. The Bertz CT molecular complexity index is 229. The zero-order chi connectivity index (χ0) is 12.1. The van der Waals surface area contributed by atoms with Crippen molar-refractivity contribution >= 4 is 5.97 Å². The van der Waals surface area contributed by atoms with Crippen LogP contribution in [0.4, 0.5) is 0 Å². The van der Waals surface area contributed by atoms with Gasteiger partial charge >= 0.3 is 5.97 Å². The van der Waals surface area contributed by atoms with Gasteiger partial charge in [-0.25, -0.2) is 0 Å². The van der Waals surface area contributed by atoms with Gasteiger partial charge in [-0.15, -0.1) is 0 Å². The predicted octanol–water partition coefficient (Wildman–Crippen LogP) is 1.12. The van der Waals surface area contributed by atoms with E-state index in [1.165, 1.54) is 0 Å². The van der Waals surface area contributed by atoms with E-state index >= 15 is 0 Å². The first-order valence-corrected chi connectivity index (χ1v) is 6.27. The van der Waals surface area contributed by atoms with E-state index in [4.69, 9.17) is 5.11 Å². The molecular weight excluding hydrogens is 204 g/mol. The molecule has 1 aliphatic heterocycles. The van der Waals surface area contributed by atoms with Crippen molar-refractivity contribution in [2.24, 2.45) is 5.92 Å². The first kappa shape index (κ1) is 13.5. The number of nitrogens with zero attached hydrogens (tertiary/aromatic N) is 2. The van der Waals surface area contributed by atoms with Crippen LogP contribution in [-0.2, 0) is 4.79 Å². The fraction of sp³-hybridized carbons (Fsp3) is 0.917. The summed E-state index contributed by atoms with van der Waals surface area (Å²) < 4.78 is 0. The van der Waals surface area contributed by atoms with Gasteiger partial charge in [0.05, 0.1) is 0 Å². The first-order valence-electron chi connectivity index (χ1n) is 6.27. The molecule has 0 radical (unpaired) electrons. The molecule has 94 valence electrons. The minimum Gasteiger partial charge on any atom is -0.480 e. The highest BCUT2D eigenvalue weighted by atomic mass is 16.4. The van der Waals surface area contributed by atoms with E-state index in [1.54, 1.807) is 6.92 Å². The summed E-state index contributed by atoms with van der Waals surface area (Å²) in [6, 6.07) is -0.332. The van der Waals surface area contributed by atoms with E-state index in [1.807, 2.05) is 0 Å². The highest BCUT2D eigenvalue weighted by molar-refractivity contribution is 5.72. The predicted molar refractivity (Wildman–Crippen MR) is 64.6 cm³/mol. The van der Waals surface area contributed by atoms with Gasteiger partial charge in [0, 0.05) is 13.1 Å². The zero-order valence-electron chi connectivity index (χ0n) is 10.6. The monoisotopic (exact) mass is 228 g/mol. The summed E-state index contributed by atoms with van der Waals surface area (Å²) >= 11 is 0. The summed E-state index contributed by atoms with van der Waals surface area (Å²) in [5, 5.41) is 8.95. The van der Waals surface area contributed by atoms with Crippen LogP contribution in [0.1, 0.15) is 27.2 Å². The third kappa shape index (κ3) is 3.46. The Balaban J connectivity index is 2.37.